The van der Waals surface area contributed by atoms with Crippen molar-refractivity contribution in [3.8, 4) is 11.5 Å². The van der Waals surface area contributed by atoms with Gasteiger partial charge in [-0.25, -0.2) is 4.79 Å². The summed E-state index contributed by atoms with van der Waals surface area (Å²) in [6, 6.07) is 5.30. The molecule has 1 aliphatic heterocycles. The van der Waals surface area contributed by atoms with E-state index in [1.807, 2.05) is 0 Å². The molecule has 0 aliphatic carbocycles. The predicted molar refractivity (Wildman–Crippen MR) is 51.7 cm³/mol. The van der Waals surface area contributed by atoms with E-state index in [9.17, 15) is 4.79 Å². The zero-order valence-electron chi connectivity index (χ0n) is 7.07. The average Bonchev–Trinajstić information content (AvgIpc) is 2.18. The van der Waals surface area contributed by atoms with Gasteiger partial charge in [0, 0.05) is 0 Å². The number of ether oxygens (including phenoxy) is 2. The number of rotatable bonds is 1. The van der Waals surface area contributed by atoms with E-state index < -0.39 is 12.1 Å². The van der Waals surface area contributed by atoms with E-state index in [1.165, 1.54) is 0 Å². The molecule has 1 aromatic carbocycles. The van der Waals surface area contributed by atoms with Gasteiger partial charge in [0.05, 0.1) is 4.47 Å². The van der Waals surface area contributed by atoms with Gasteiger partial charge in [-0.3, -0.25) is 0 Å². The molecule has 1 heterocycles. The lowest BCUT2D eigenvalue weighted by atomic mass is 10.2. The monoisotopic (exact) mass is 258 g/mol. The third-order valence-corrected chi connectivity index (χ3v) is 2.48. The molecule has 0 amide bonds. The topological polar surface area (TPSA) is 55.8 Å². The van der Waals surface area contributed by atoms with Crippen molar-refractivity contribution in [2.24, 2.45) is 0 Å². The van der Waals surface area contributed by atoms with E-state index in [2.05, 4.69) is 15.9 Å². The van der Waals surface area contributed by atoms with Crippen LogP contribution in [0, 0.1) is 0 Å². The summed E-state index contributed by atoms with van der Waals surface area (Å²) >= 11 is 3.26. The first kappa shape index (κ1) is 9.33. The van der Waals surface area contributed by atoms with Crippen LogP contribution in [-0.4, -0.2) is 23.8 Å². The molecular weight excluding hydrogens is 252 g/mol. The lowest BCUT2D eigenvalue weighted by Gasteiger charge is -2.24. The molecular formula is C9H7BrO4. The van der Waals surface area contributed by atoms with Gasteiger partial charge in [-0.1, -0.05) is 6.07 Å². The van der Waals surface area contributed by atoms with Gasteiger partial charge in [0.1, 0.15) is 6.61 Å². The lowest BCUT2D eigenvalue weighted by molar-refractivity contribution is -0.147. The minimum Gasteiger partial charge on any atom is -0.485 e. The van der Waals surface area contributed by atoms with E-state index in [1.54, 1.807) is 18.2 Å². The zero-order valence-corrected chi connectivity index (χ0v) is 8.65. The highest BCUT2D eigenvalue weighted by Gasteiger charge is 2.28. The van der Waals surface area contributed by atoms with Crippen molar-refractivity contribution in [3.05, 3.63) is 22.7 Å². The van der Waals surface area contributed by atoms with Gasteiger partial charge < -0.3 is 14.6 Å². The molecule has 0 saturated heterocycles. The van der Waals surface area contributed by atoms with Gasteiger partial charge >= 0.3 is 5.97 Å². The van der Waals surface area contributed by atoms with Crippen molar-refractivity contribution in [1.82, 2.24) is 0 Å². The summed E-state index contributed by atoms with van der Waals surface area (Å²) < 4.78 is 11.2. The van der Waals surface area contributed by atoms with Crippen LogP contribution < -0.4 is 9.47 Å². The summed E-state index contributed by atoms with van der Waals surface area (Å²) in [5, 5.41) is 8.73. The van der Waals surface area contributed by atoms with E-state index in [4.69, 9.17) is 14.6 Å². The van der Waals surface area contributed by atoms with E-state index in [0.717, 1.165) is 0 Å². The summed E-state index contributed by atoms with van der Waals surface area (Å²) in [6.45, 7) is 0.0405. The van der Waals surface area contributed by atoms with Crippen LogP contribution >= 0.6 is 15.9 Å². The Kier molecular flexibility index (Phi) is 2.33. The van der Waals surface area contributed by atoms with E-state index >= 15 is 0 Å². The lowest BCUT2D eigenvalue weighted by Crippen LogP contribution is -2.36. The fourth-order valence-corrected chi connectivity index (χ4v) is 1.62. The second-order valence-corrected chi connectivity index (χ2v) is 3.68. The minimum absolute atomic E-state index is 0.0405. The molecule has 1 atom stereocenters. The fraction of sp³-hybridized carbons (Fsp3) is 0.222. The number of aliphatic carboxylic acids is 1. The minimum atomic E-state index is -1.02. The number of carboxylic acids is 1. The second-order valence-electron chi connectivity index (χ2n) is 2.82. The largest absolute Gasteiger partial charge is 0.485 e. The van der Waals surface area contributed by atoms with Gasteiger partial charge in [0.2, 0.25) is 6.10 Å². The van der Waals surface area contributed by atoms with Gasteiger partial charge in [-0.15, -0.1) is 0 Å². The molecule has 74 valence electrons. The first-order chi connectivity index (χ1) is 6.68. The summed E-state index contributed by atoms with van der Waals surface area (Å²) in [4.78, 5) is 10.7. The van der Waals surface area contributed by atoms with Crippen LogP contribution in [0.2, 0.25) is 0 Å². The third-order valence-electron chi connectivity index (χ3n) is 1.86. The first-order valence-electron chi connectivity index (χ1n) is 3.99. The summed E-state index contributed by atoms with van der Waals surface area (Å²) in [6.07, 6.45) is -0.929. The van der Waals surface area contributed by atoms with Crippen molar-refractivity contribution in [1.29, 1.82) is 0 Å². The van der Waals surface area contributed by atoms with Crippen LogP contribution in [0.1, 0.15) is 0 Å². The Morgan fingerprint density at radius 3 is 3.07 bits per heavy atom. The molecule has 4 nitrogen and oxygen atoms in total. The second kappa shape index (κ2) is 3.49. The fourth-order valence-electron chi connectivity index (χ4n) is 1.18. The van der Waals surface area contributed by atoms with E-state index in [0.29, 0.717) is 16.0 Å². The van der Waals surface area contributed by atoms with Gasteiger partial charge in [0.15, 0.2) is 11.5 Å². The van der Waals surface area contributed by atoms with E-state index in [-0.39, 0.29) is 6.61 Å². The maximum Gasteiger partial charge on any atom is 0.348 e. The predicted octanol–water partition coefficient (Wildman–Crippen LogP) is 1.67. The van der Waals surface area contributed by atoms with Crippen LogP contribution in [0.3, 0.4) is 0 Å². The van der Waals surface area contributed by atoms with Crippen molar-refractivity contribution >= 4 is 21.9 Å². The number of para-hydroxylation sites is 1. The molecule has 0 bridgehead atoms. The zero-order chi connectivity index (χ0) is 10.1. The van der Waals surface area contributed by atoms with Crippen molar-refractivity contribution in [3.63, 3.8) is 0 Å². The van der Waals surface area contributed by atoms with Crippen molar-refractivity contribution in [2.45, 2.75) is 6.10 Å². The Balaban J connectivity index is 2.33. The molecule has 14 heavy (non-hydrogen) atoms. The SMILES string of the molecule is O=C(O)C1COc2cccc(Br)c2O1. The van der Waals surface area contributed by atoms with Crippen LogP contribution in [-0.2, 0) is 4.79 Å². The van der Waals surface area contributed by atoms with Crippen molar-refractivity contribution in [2.75, 3.05) is 6.61 Å². The molecule has 0 radical (unpaired) electrons. The smallest absolute Gasteiger partial charge is 0.348 e. The number of halogens is 1. The standard InChI is InChI=1S/C9H7BrO4/c10-5-2-1-3-6-8(5)14-7(4-13-6)9(11)12/h1-3,7H,4H2,(H,11,12). The summed E-state index contributed by atoms with van der Waals surface area (Å²) in [5.41, 5.74) is 0. The molecule has 0 aromatic heterocycles. The highest BCUT2D eigenvalue weighted by Crippen LogP contribution is 2.38. The highest BCUT2D eigenvalue weighted by molar-refractivity contribution is 9.10. The number of carbonyl (C=O) groups is 1. The number of hydrogen-bond acceptors (Lipinski definition) is 3. The summed E-state index contributed by atoms with van der Waals surface area (Å²) in [7, 11) is 0. The third kappa shape index (κ3) is 1.55. The quantitative estimate of drug-likeness (QED) is 0.833. The molecule has 0 saturated carbocycles. The Hall–Kier alpha value is -1.23. The maximum absolute atomic E-state index is 10.7. The Bertz CT molecular complexity index is 377. The van der Waals surface area contributed by atoms with Crippen LogP contribution in [0.5, 0.6) is 11.5 Å². The van der Waals surface area contributed by atoms with Crippen LogP contribution in [0.25, 0.3) is 0 Å². The number of fused-ring (bicyclic) bond motifs is 1. The Labute approximate surface area is 88.6 Å². The number of carboxylic acid groups (broad SMARTS) is 1. The van der Waals surface area contributed by atoms with Gasteiger partial charge in [0.25, 0.3) is 0 Å². The molecule has 1 N–H and O–H groups in total. The molecule has 0 fully saturated rings. The van der Waals surface area contributed by atoms with Crippen LogP contribution in [0.4, 0.5) is 0 Å². The molecule has 1 aliphatic rings. The normalized spacial score (nSPS) is 19.1. The number of benzene rings is 1. The Morgan fingerprint density at radius 1 is 1.57 bits per heavy atom. The molecule has 1 unspecified atom stereocenters. The van der Waals surface area contributed by atoms with Gasteiger partial charge in [-0.05, 0) is 28.1 Å². The summed E-state index contributed by atoms with van der Waals surface area (Å²) in [5.74, 6) is -0.00516. The van der Waals surface area contributed by atoms with Crippen LogP contribution in [0.15, 0.2) is 22.7 Å². The molecule has 0 spiro atoms. The average molecular weight is 259 g/mol. The van der Waals surface area contributed by atoms with Crippen molar-refractivity contribution < 1.29 is 19.4 Å². The highest BCUT2D eigenvalue weighted by atomic mass is 79.9. The maximum atomic E-state index is 10.7. The first-order valence-corrected chi connectivity index (χ1v) is 4.78. The number of hydrogen-bond donors (Lipinski definition) is 1. The van der Waals surface area contributed by atoms with Gasteiger partial charge in [-0.2, -0.15) is 0 Å². The molecule has 2 rings (SSSR count). The molecule has 1 aromatic rings. The Morgan fingerprint density at radius 2 is 2.36 bits per heavy atom. The molecule has 5 heteroatoms.